The summed E-state index contributed by atoms with van der Waals surface area (Å²) in [6, 6.07) is 11.3. The summed E-state index contributed by atoms with van der Waals surface area (Å²) < 4.78 is 26.1. The Hall–Kier alpha value is -5.01. The fourth-order valence-electron chi connectivity index (χ4n) is 5.43. The highest BCUT2D eigenvalue weighted by Gasteiger charge is 2.23. The Labute approximate surface area is 262 Å². The van der Waals surface area contributed by atoms with Gasteiger partial charge in [0.2, 0.25) is 11.9 Å². The summed E-state index contributed by atoms with van der Waals surface area (Å²) in [7, 11) is 3.13. The number of nitrogens with zero attached hydrogens (tertiary/aromatic N) is 6. The molecule has 0 atom stereocenters. The molecule has 0 bridgehead atoms. The summed E-state index contributed by atoms with van der Waals surface area (Å²) in [4.78, 5) is 40.4. The van der Waals surface area contributed by atoms with Crippen LogP contribution in [0.5, 0.6) is 11.5 Å². The van der Waals surface area contributed by atoms with Crippen molar-refractivity contribution in [2.45, 2.75) is 13.8 Å². The number of piperazine rings is 2. The lowest BCUT2D eigenvalue weighted by molar-refractivity contribution is -0.129. The van der Waals surface area contributed by atoms with E-state index in [1.54, 1.807) is 26.0 Å². The van der Waals surface area contributed by atoms with Crippen LogP contribution >= 0.6 is 0 Å². The SMILES string of the molecule is CCNC(=O)N1CCN(c2ccc(Nc3nc(Nc4ccc(N5CCN(C(C)=O)CC5)cc4OC)ncc3F)c(OC)c2)CC1. The predicted octanol–water partition coefficient (Wildman–Crippen LogP) is 3.64. The second-order valence-electron chi connectivity index (χ2n) is 10.7. The highest BCUT2D eigenvalue weighted by atomic mass is 19.1. The average molecular weight is 622 g/mol. The summed E-state index contributed by atoms with van der Waals surface area (Å²) in [5, 5.41) is 9.01. The van der Waals surface area contributed by atoms with Gasteiger partial charge in [0.15, 0.2) is 11.6 Å². The zero-order valence-electron chi connectivity index (χ0n) is 26.1. The van der Waals surface area contributed by atoms with Crippen molar-refractivity contribution in [3.05, 3.63) is 48.4 Å². The van der Waals surface area contributed by atoms with Gasteiger partial charge in [0, 0.05) is 89.3 Å². The third-order valence-corrected chi connectivity index (χ3v) is 7.96. The Morgan fingerprint density at radius 2 is 1.36 bits per heavy atom. The number of urea groups is 1. The highest BCUT2D eigenvalue weighted by Crippen LogP contribution is 2.34. The van der Waals surface area contributed by atoms with E-state index in [-0.39, 0.29) is 23.7 Å². The van der Waals surface area contributed by atoms with Gasteiger partial charge in [-0.3, -0.25) is 4.79 Å². The normalized spacial score (nSPS) is 15.0. The maximum absolute atomic E-state index is 14.9. The van der Waals surface area contributed by atoms with E-state index in [0.29, 0.717) is 68.7 Å². The standard InChI is InChI=1S/C31H40FN9O4/c1-5-33-31(43)41-16-14-40(15-17-41)22-6-8-25(27(18-22)44-3)35-29-24(32)20-34-30(37-29)36-26-9-7-23(19-28(26)45-4)39-12-10-38(11-13-39)21(2)42/h6-9,18-20H,5,10-17H2,1-4H3,(H,33,43)(H2,34,35,36,37). The molecule has 2 aromatic carbocycles. The summed E-state index contributed by atoms with van der Waals surface area (Å²) in [5.41, 5.74) is 3.07. The molecule has 0 aliphatic carbocycles. The number of halogens is 1. The van der Waals surface area contributed by atoms with Crippen molar-refractivity contribution in [1.82, 2.24) is 25.1 Å². The number of benzene rings is 2. The van der Waals surface area contributed by atoms with Gasteiger partial charge in [-0.05, 0) is 31.2 Å². The van der Waals surface area contributed by atoms with Crippen LogP contribution in [0.25, 0.3) is 0 Å². The van der Waals surface area contributed by atoms with Crippen molar-refractivity contribution in [2.24, 2.45) is 0 Å². The van der Waals surface area contributed by atoms with E-state index in [1.165, 1.54) is 0 Å². The molecule has 0 unspecified atom stereocenters. The monoisotopic (exact) mass is 621 g/mol. The lowest BCUT2D eigenvalue weighted by atomic mass is 10.2. The number of hydrogen-bond acceptors (Lipinski definition) is 10. The third kappa shape index (κ3) is 7.39. The molecule has 240 valence electrons. The molecule has 0 saturated carbocycles. The molecule has 3 N–H and O–H groups in total. The van der Waals surface area contributed by atoms with Gasteiger partial charge in [-0.1, -0.05) is 0 Å². The molecule has 0 radical (unpaired) electrons. The Morgan fingerprint density at radius 3 is 1.87 bits per heavy atom. The number of nitrogens with one attached hydrogen (secondary N) is 3. The second kappa shape index (κ2) is 14.2. The van der Waals surface area contributed by atoms with Crippen LogP contribution in [0.15, 0.2) is 42.6 Å². The van der Waals surface area contributed by atoms with Crippen LogP contribution in [-0.2, 0) is 4.79 Å². The van der Waals surface area contributed by atoms with Crippen LogP contribution in [0.1, 0.15) is 13.8 Å². The first-order chi connectivity index (χ1) is 21.8. The smallest absolute Gasteiger partial charge is 0.317 e. The maximum atomic E-state index is 14.9. The number of carbonyl (C=O) groups excluding carboxylic acids is 2. The minimum absolute atomic E-state index is 0.0203. The number of anilines is 6. The van der Waals surface area contributed by atoms with Crippen molar-refractivity contribution in [2.75, 3.05) is 93.6 Å². The molecule has 0 spiro atoms. The van der Waals surface area contributed by atoms with Crippen molar-refractivity contribution in [3.63, 3.8) is 0 Å². The summed E-state index contributed by atoms with van der Waals surface area (Å²) in [5.74, 6) is 0.717. The minimum Gasteiger partial charge on any atom is -0.494 e. The number of amides is 3. The first kappa shape index (κ1) is 31.4. The van der Waals surface area contributed by atoms with Crippen molar-refractivity contribution in [1.29, 1.82) is 0 Å². The van der Waals surface area contributed by atoms with Gasteiger partial charge in [0.05, 0.1) is 31.8 Å². The topological polar surface area (TPSA) is 127 Å². The fourth-order valence-corrected chi connectivity index (χ4v) is 5.43. The van der Waals surface area contributed by atoms with E-state index in [9.17, 15) is 14.0 Å². The predicted molar refractivity (Wildman–Crippen MR) is 172 cm³/mol. The summed E-state index contributed by atoms with van der Waals surface area (Å²) in [6.07, 6.45) is 1.10. The zero-order valence-corrected chi connectivity index (χ0v) is 26.1. The van der Waals surface area contributed by atoms with Gasteiger partial charge in [-0.15, -0.1) is 0 Å². The molecule has 2 aliphatic heterocycles. The van der Waals surface area contributed by atoms with E-state index in [0.717, 1.165) is 30.7 Å². The van der Waals surface area contributed by atoms with Gasteiger partial charge in [-0.25, -0.2) is 14.2 Å². The lowest BCUT2D eigenvalue weighted by Gasteiger charge is -2.36. The van der Waals surface area contributed by atoms with Crippen molar-refractivity contribution in [3.8, 4) is 11.5 Å². The van der Waals surface area contributed by atoms with Crippen molar-refractivity contribution >= 4 is 46.5 Å². The van der Waals surface area contributed by atoms with E-state index in [4.69, 9.17) is 9.47 Å². The van der Waals surface area contributed by atoms with Crippen LogP contribution < -0.4 is 35.2 Å². The largest absolute Gasteiger partial charge is 0.494 e. The van der Waals surface area contributed by atoms with Crippen LogP contribution in [0.2, 0.25) is 0 Å². The molecule has 2 saturated heterocycles. The van der Waals surface area contributed by atoms with E-state index < -0.39 is 5.82 Å². The fraction of sp³-hybridized carbons (Fsp3) is 0.419. The van der Waals surface area contributed by atoms with Crippen LogP contribution in [-0.4, -0.2) is 105 Å². The third-order valence-electron chi connectivity index (χ3n) is 7.96. The molecule has 3 aromatic rings. The van der Waals surface area contributed by atoms with Crippen LogP contribution in [0, 0.1) is 5.82 Å². The molecule has 3 amide bonds. The van der Waals surface area contributed by atoms with Gasteiger partial charge in [-0.2, -0.15) is 4.98 Å². The Morgan fingerprint density at radius 1 is 0.822 bits per heavy atom. The van der Waals surface area contributed by atoms with Gasteiger partial charge >= 0.3 is 6.03 Å². The number of ether oxygens (including phenoxy) is 2. The molecule has 5 rings (SSSR count). The molecule has 13 nitrogen and oxygen atoms in total. The highest BCUT2D eigenvalue weighted by molar-refractivity contribution is 5.75. The summed E-state index contributed by atoms with van der Waals surface area (Å²) >= 11 is 0. The Kier molecular flexibility index (Phi) is 9.90. The molecule has 1 aromatic heterocycles. The Balaban J connectivity index is 1.26. The average Bonchev–Trinajstić information content (AvgIpc) is 3.06. The number of rotatable bonds is 9. The van der Waals surface area contributed by atoms with Crippen LogP contribution in [0.3, 0.4) is 0 Å². The molecule has 14 heteroatoms. The second-order valence-corrected chi connectivity index (χ2v) is 10.7. The maximum Gasteiger partial charge on any atom is 0.317 e. The summed E-state index contributed by atoms with van der Waals surface area (Å²) in [6.45, 7) is 9.47. The molecule has 3 heterocycles. The van der Waals surface area contributed by atoms with Crippen LogP contribution in [0.4, 0.5) is 43.7 Å². The molecular formula is C31H40FN9O4. The van der Waals surface area contributed by atoms with Gasteiger partial charge in [0.1, 0.15) is 11.5 Å². The molecule has 2 fully saturated rings. The lowest BCUT2D eigenvalue weighted by Crippen LogP contribution is -2.51. The van der Waals surface area contributed by atoms with Gasteiger partial charge < -0.3 is 45.0 Å². The zero-order chi connectivity index (χ0) is 31.9. The minimum atomic E-state index is -0.625. The van der Waals surface area contributed by atoms with Gasteiger partial charge in [0.25, 0.3) is 0 Å². The van der Waals surface area contributed by atoms with E-state index >= 15 is 0 Å². The van der Waals surface area contributed by atoms with E-state index in [1.807, 2.05) is 48.2 Å². The number of methoxy groups -OCH3 is 2. The Bertz CT molecular complexity index is 1510. The first-order valence-corrected chi connectivity index (χ1v) is 15.0. The molecule has 2 aliphatic rings. The molecular weight excluding hydrogens is 581 g/mol. The van der Waals surface area contributed by atoms with Crippen molar-refractivity contribution < 1.29 is 23.5 Å². The molecule has 45 heavy (non-hydrogen) atoms. The number of carbonyl (C=O) groups is 2. The van der Waals surface area contributed by atoms with E-state index in [2.05, 4.69) is 35.7 Å². The number of aromatic nitrogens is 2. The number of hydrogen-bond donors (Lipinski definition) is 3. The quantitative estimate of drug-likeness (QED) is 0.326. The first-order valence-electron chi connectivity index (χ1n) is 15.0.